The Kier molecular flexibility index (Phi) is 6.36. The normalized spacial score (nSPS) is 10.7. The predicted octanol–water partition coefficient (Wildman–Crippen LogP) is 1.93. The van der Waals surface area contributed by atoms with E-state index in [2.05, 4.69) is 20.8 Å². The smallest absolute Gasteiger partial charge is 0.253 e. The molecule has 0 radical (unpaired) electrons. The SMILES string of the molecule is CC(C)CNC(=O)c1ccccc1NC(=O)CSc1nncn1C. The molecule has 2 amide bonds. The molecule has 0 aliphatic rings. The standard InChI is InChI=1S/C16H21N5O2S/c1-11(2)8-17-15(23)12-6-4-5-7-13(12)19-14(22)9-24-16-20-18-10-21(16)3/h4-7,10-11H,8-9H2,1-3H3,(H,17,23)(H,19,22). The first-order chi connectivity index (χ1) is 11.5. The number of nitrogens with one attached hydrogen (secondary N) is 2. The van der Waals surface area contributed by atoms with E-state index in [9.17, 15) is 9.59 Å². The topological polar surface area (TPSA) is 88.9 Å². The van der Waals surface area contributed by atoms with Crippen LogP contribution in [0, 0.1) is 5.92 Å². The average molecular weight is 347 g/mol. The molecule has 1 aromatic carbocycles. The fourth-order valence-electron chi connectivity index (χ4n) is 1.90. The number of aryl methyl sites for hydroxylation is 1. The summed E-state index contributed by atoms with van der Waals surface area (Å²) in [6.07, 6.45) is 1.58. The van der Waals surface area contributed by atoms with E-state index in [0.29, 0.717) is 28.9 Å². The summed E-state index contributed by atoms with van der Waals surface area (Å²) in [7, 11) is 1.81. The first kappa shape index (κ1) is 18.0. The maximum absolute atomic E-state index is 12.3. The van der Waals surface area contributed by atoms with Crippen molar-refractivity contribution in [2.75, 3.05) is 17.6 Å². The fraction of sp³-hybridized carbons (Fsp3) is 0.375. The molecule has 0 spiro atoms. The zero-order valence-corrected chi connectivity index (χ0v) is 14.8. The molecule has 0 bridgehead atoms. The van der Waals surface area contributed by atoms with E-state index in [1.165, 1.54) is 11.8 Å². The van der Waals surface area contributed by atoms with E-state index < -0.39 is 0 Å². The quantitative estimate of drug-likeness (QED) is 0.747. The molecule has 0 saturated heterocycles. The van der Waals surface area contributed by atoms with Gasteiger partial charge in [-0.15, -0.1) is 10.2 Å². The molecule has 24 heavy (non-hydrogen) atoms. The van der Waals surface area contributed by atoms with Gasteiger partial charge in [-0.1, -0.05) is 37.7 Å². The highest BCUT2D eigenvalue weighted by atomic mass is 32.2. The molecule has 128 valence electrons. The maximum atomic E-state index is 12.3. The Morgan fingerprint density at radius 3 is 2.71 bits per heavy atom. The third-order valence-corrected chi connectivity index (χ3v) is 4.15. The molecule has 0 atom stereocenters. The Labute approximate surface area is 145 Å². The molecule has 0 unspecified atom stereocenters. The highest BCUT2D eigenvalue weighted by molar-refractivity contribution is 7.99. The lowest BCUT2D eigenvalue weighted by Gasteiger charge is -2.12. The second-order valence-electron chi connectivity index (χ2n) is 5.71. The fourth-order valence-corrected chi connectivity index (χ4v) is 2.59. The predicted molar refractivity (Wildman–Crippen MR) is 94.0 cm³/mol. The van der Waals surface area contributed by atoms with Gasteiger partial charge in [0, 0.05) is 13.6 Å². The average Bonchev–Trinajstić information content (AvgIpc) is 2.96. The van der Waals surface area contributed by atoms with Crippen molar-refractivity contribution in [2.24, 2.45) is 13.0 Å². The molecule has 0 aliphatic heterocycles. The Morgan fingerprint density at radius 2 is 2.04 bits per heavy atom. The summed E-state index contributed by atoms with van der Waals surface area (Å²) in [5.74, 6) is 0.153. The van der Waals surface area contributed by atoms with Gasteiger partial charge in [-0.3, -0.25) is 9.59 Å². The van der Waals surface area contributed by atoms with E-state index in [0.717, 1.165) is 0 Å². The molecule has 1 aromatic heterocycles. The number of thioether (sulfide) groups is 1. The third kappa shape index (κ3) is 5.09. The number of rotatable bonds is 7. The van der Waals surface area contributed by atoms with Crippen molar-refractivity contribution >= 4 is 29.3 Å². The lowest BCUT2D eigenvalue weighted by Crippen LogP contribution is -2.28. The Morgan fingerprint density at radius 1 is 1.29 bits per heavy atom. The summed E-state index contributed by atoms with van der Waals surface area (Å²) < 4.78 is 1.74. The van der Waals surface area contributed by atoms with Crippen molar-refractivity contribution in [1.82, 2.24) is 20.1 Å². The molecular weight excluding hydrogens is 326 g/mol. The van der Waals surface area contributed by atoms with Crippen LogP contribution in [-0.4, -0.2) is 38.9 Å². The summed E-state index contributed by atoms with van der Waals surface area (Å²) in [4.78, 5) is 24.4. The summed E-state index contributed by atoms with van der Waals surface area (Å²) in [5, 5.41) is 14.0. The van der Waals surface area contributed by atoms with Crippen LogP contribution in [0.2, 0.25) is 0 Å². The second kappa shape index (κ2) is 8.49. The number of aromatic nitrogens is 3. The lowest BCUT2D eigenvalue weighted by atomic mass is 10.1. The number of nitrogens with zero attached hydrogens (tertiary/aromatic N) is 3. The largest absolute Gasteiger partial charge is 0.352 e. The van der Waals surface area contributed by atoms with E-state index >= 15 is 0 Å². The van der Waals surface area contributed by atoms with Crippen LogP contribution in [0.4, 0.5) is 5.69 Å². The van der Waals surface area contributed by atoms with Crippen molar-refractivity contribution in [2.45, 2.75) is 19.0 Å². The van der Waals surface area contributed by atoms with Gasteiger partial charge in [-0.25, -0.2) is 0 Å². The molecule has 2 aromatic rings. The molecular formula is C16H21N5O2S. The molecule has 8 heteroatoms. The van der Waals surface area contributed by atoms with Crippen molar-refractivity contribution < 1.29 is 9.59 Å². The number of benzene rings is 1. The molecule has 7 nitrogen and oxygen atoms in total. The van der Waals surface area contributed by atoms with Crippen molar-refractivity contribution in [3.63, 3.8) is 0 Å². The monoisotopic (exact) mass is 347 g/mol. The van der Waals surface area contributed by atoms with Crippen LogP contribution < -0.4 is 10.6 Å². The number of para-hydroxylation sites is 1. The van der Waals surface area contributed by atoms with Gasteiger partial charge in [-0.2, -0.15) is 0 Å². The zero-order chi connectivity index (χ0) is 17.5. The number of carbonyl (C=O) groups excluding carboxylic acids is 2. The van der Waals surface area contributed by atoms with Gasteiger partial charge in [-0.05, 0) is 18.1 Å². The summed E-state index contributed by atoms with van der Waals surface area (Å²) in [5.41, 5.74) is 0.956. The summed E-state index contributed by atoms with van der Waals surface area (Å²) in [6, 6.07) is 6.97. The molecule has 0 aliphatic carbocycles. The van der Waals surface area contributed by atoms with Gasteiger partial charge in [0.15, 0.2) is 5.16 Å². The van der Waals surface area contributed by atoms with Crippen LogP contribution in [0.15, 0.2) is 35.7 Å². The first-order valence-electron chi connectivity index (χ1n) is 7.61. The van der Waals surface area contributed by atoms with Crippen LogP contribution in [0.5, 0.6) is 0 Å². The van der Waals surface area contributed by atoms with E-state index in [1.807, 2.05) is 20.9 Å². The number of hydrogen-bond donors (Lipinski definition) is 2. The Bertz CT molecular complexity index is 714. The zero-order valence-electron chi connectivity index (χ0n) is 13.9. The molecule has 1 heterocycles. The van der Waals surface area contributed by atoms with Gasteiger partial charge >= 0.3 is 0 Å². The minimum absolute atomic E-state index is 0.189. The van der Waals surface area contributed by atoms with E-state index in [1.54, 1.807) is 35.2 Å². The lowest BCUT2D eigenvalue weighted by molar-refractivity contribution is -0.113. The number of anilines is 1. The van der Waals surface area contributed by atoms with Gasteiger partial charge in [0.25, 0.3) is 5.91 Å². The molecule has 0 fully saturated rings. The van der Waals surface area contributed by atoms with E-state index in [-0.39, 0.29) is 17.6 Å². The van der Waals surface area contributed by atoms with Crippen molar-refractivity contribution in [3.8, 4) is 0 Å². The summed E-state index contributed by atoms with van der Waals surface area (Å²) in [6.45, 7) is 4.64. The van der Waals surface area contributed by atoms with Gasteiger partial charge < -0.3 is 15.2 Å². The van der Waals surface area contributed by atoms with Crippen LogP contribution in [0.25, 0.3) is 0 Å². The molecule has 2 rings (SSSR count). The first-order valence-corrected chi connectivity index (χ1v) is 8.59. The minimum Gasteiger partial charge on any atom is -0.352 e. The van der Waals surface area contributed by atoms with Gasteiger partial charge in [0.05, 0.1) is 17.0 Å². The van der Waals surface area contributed by atoms with Crippen LogP contribution in [-0.2, 0) is 11.8 Å². The number of carbonyl (C=O) groups is 2. The highest BCUT2D eigenvalue weighted by Crippen LogP contribution is 2.17. The van der Waals surface area contributed by atoms with Crippen LogP contribution in [0.1, 0.15) is 24.2 Å². The third-order valence-electron chi connectivity index (χ3n) is 3.12. The molecule has 0 saturated carbocycles. The Hall–Kier alpha value is -2.35. The van der Waals surface area contributed by atoms with Crippen molar-refractivity contribution in [3.05, 3.63) is 36.2 Å². The van der Waals surface area contributed by atoms with E-state index in [4.69, 9.17) is 0 Å². The summed E-state index contributed by atoms with van der Waals surface area (Å²) >= 11 is 1.29. The maximum Gasteiger partial charge on any atom is 0.253 e. The number of amides is 2. The molecule has 2 N–H and O–H groups in total. The van der Waals surface area contributed by atoms with Gasteiger partial charge in [0.2, 0.25) is 5.91 Å². The Balaban J connectivity index is 1.97. The van der Waals surface area contributed by atoms with Crippen molar-refractivity contribution in [1.29, 1.82) is 0 Å². The highest BCUT2D eigenvalue weighted by Gasteiger charge is 2.14. The van der Waals surface area contributed by atoms with Gasteiger partial charge in [0.1, 0.15) is 6.33 Å². The second-order valence-corrected chi connectivity index (χ2v) is 6.65. The van der Waals surface area contributed by atoms with Crippen LogP contribution >= 0.6 is 11.8 Å². The van der Waals surface area contributed by atoms with Crippen LogP contribution in [0.3, 0.4) is 0 Å². The number of hydrogen-bond acceptors (Lipinski definition) is 5. The minimum atomic E-state index is -0.202.